The Morgan fingerprint density at radius 1 is 1.20 bits per heavy atom. The maximum atomic E-state index is 13.0. The molecule has 1 amide bonds. The van der Waals surface area contributed by atoms with E-state index in [1.54, 1.807) is 6.92 Å². The molecule has 2 aromatic rings. The number of benzene rings is 1. The molecule has 0 aliphatic carbocycles. The third kappa shape index (κ3) is 2.75. The van der Waals surface area contributed by atoms with E-state index in [2.05, 4.69) is 5.10 Å². The van der Waals surface area contributed by atoms with Gasteiger partial charge in [-0.15, -0.1) is 0 Å². The second kappa shape index (κ2) is 5.86. The van der Waals surface area contributed by atoms with Gasteiger partial charge in [0.2, 0.25) is 5.88 Å². The van der Waals surface area contributed by atoms with E-state index in [0.29, 0.717) is 11.4 Å². The maximum Gasteiger partial charge on any atom is 0.330 e. The molecule has 0 atom stereocenters. The summed E-state index contributed by atoms with van der Waals surface area (Å²) in [6.07, 6.45) is 1.16. The minimum atomic E-state index is -0.825. The van der Waals surface area contributed by atoms with Crippen molar-refractivity contribution >= 4 is 23.4 Å². The molecule has 1 aromatic carbocycles. The molecule has 1 aliphatic rings. The van der Waals surface area contributed by atoms with Crippen molar-refractivity contribution in [2.45, 2.75) is 6.92 Å². The van der Waals surface area contributed by atoms with E-state index in [1.807, 2.05) is 4.98 Å². The van der Waals surface area contributed by atoms with E-state index < -0.39 is 28.9 Å². The molecular weight excluding hydrogens is 331 g/mol. The fourth-order valence-electron chi connectivity index (χ4n) is 2.34. The number of carbonyl (C=O) groups excluding carboxylic acids is 1. The average molecular weight is 344 g/mol. The average Bonchev–Trinajstić information content (AvgIpc) is 2.85. The Morgan fingerprint density at radius 2 is 1.84 bits per heavy atom. The van der Waals surface area contributed by atoms with Gasteiger partial charge in [-0.2, -0.15) is 10.1 Å². The lowest BCUT2D eigenvalue weighted by Crippen LogP contribution is -2.30. The molecule has 1 aromatic heterocycles. The summed E-state index contributed by atoms with van der Waals surface area (Å²) in [7, 11) is 1.28. The quantitative estimate of drug-likeness (QED) is 0.783. The van der Waals surface area contributed by atoms with Crippen LogP contribution in [0.2, 0.25) is 0 Å². The minimum Gasteiger partial charge on any atom is -0.494 e. The Morgan fingerprint density at radius 3 is 2.48 bits per heavy atom. The van der Waals surface area contributed by atoms with E-state index in [4.69, 9.17) is 0 Å². The molecule has 1 aliphatic heterocycles. The molecule has 9 heteroatoms. The summed E-state index contributed by atoms with van der Waals surface area (Å²) >= 11 is 0. The number of H-pyrrole nitrogens is 1. The predicted molar refractivity (Wildman–Crippen MR) is 88.9 cm³/mol. The molecule has 0 bridgehead atoms. The molecule has 25 heavy (non-hydrogen) atoms. The number of halogens is 1. The molecule has 8 nitrogen and oxygen atoms in total. The lowest BCUT2D eigenvalue weighted by molar-refractivity contribution is -0.114. The molecule has 0 fully saturated rings. The van der Waals surface area contributed by atoms with Crippen LogP contribution < -0.4 is 16.3 Å². The van der Waals surface area contributed by atoms with Crippen molar-refractivity contribution in [3.63, 3.8) is 0 Å². The summed E-state index contributed by atoms with van der Waals surface area (Å²) in [4.78, 5) is 38.0. The van der Waals surface area contributed by atoms with Crippen LogP contribution in [0.15, 0.2) is 44.5 Å². The van der Waals surface area contributed by atoms with E-state index in [1.165, 1.54) is 31.3 Å². The number of hydrogen-bond acceptors (Lipinski definition) is 5. The molecule has 0 radical (unpaired) electrons. The minimum absolute atomic E-state index is 0.0729. The summed E-state index contributed by atoms with van der Waals surface area (Å²) in [5.41, 5.74) is -1.10. The fraction of sp³-hybridized carbons (Fsp3) is 0.125. The van der Waals surface area contributed by atoms with Crippen molar-refractivity contribution in [2.24, 2.45) is 12.1 Å². The summed E-state index contributed by atoms with van der Waals surface area (Å²) in [5, 5.41) is 15.2. The van der Waals surface area contributed by atoms with Gasteiger partial charge >= 0.3 is 5.69 Å². The Balaban J connectivity index is 2.07. The van der Waals surface area contributed by atoms with Crippen LogP contribution in [-0.4, -0.2) is 26.3 Å². The van der Waals surface area contributed by atoms with Gasteiger partial charge in [0, 0.05) is 7.05 Å². The molecule has 128 valence electrons. The zero-order chi connectivity index (χ0) is 18.3. The zero-order valence-electron chi connectivity index (χ0n) is 13.3. The second-order valence-electron chi connectivity index (χ2n) is 5.39. The normalized spacial score (nSPS) is 15.8. The van der Waals surface area contributed by atoms with Crippen LogP contribution in [0.1, 0.15) is 12.5 Å². The van der Waals surface area contributed by atoms with Gasteiger partial charge in [-0.1, -0.05) is 0 Å². The largest absolute Gasteiger partial charge is 0.494 e. The molecule has 0 spiro atoms. The zero-order valence-corrected chi connectivity index (χ0v) is 13.3. The second-order valence-corrected chi connectivity index (χ2v) is 5.39. The number of rotatable bonds is 2. The number of carbonyl (C=O) groups is 1. The van der Waals surface area contributed by atoms with Gasteiger partial charge < -0.3 is 5.11 Å². The summed E-state index contributed by atoms with van der Waals surface area (Å²) < 4.78 is 13.9. The Kier molecular flexibility index (Phi) is 3.84. The van der Waals surface area contributed by atoms with Crippen molar-refractivity contribution in [1.82, 2.24) is 9.55 Å². The molecular formula is C16H13FN4O4. The van der Waals surface area contributed by atoms with E-state index in [-0.39, 0.29) is 11.1 Å². The Bertz CT molecular complexity index is 1050. The van der Waals surface area contributed by atoms with Gasteiger partial charge in [-0.05, 0) is 37.3 Å². The van der Waals surface area contributed by atoms with Gasteiger partial charge in [-0.3, -0.25) is 19.1 Å². The first kappa shape index (κ1) is 16.4. The van der Waals surface area contributed by atoms with E-state index >= 15 is 0 Å². The van der Waals surface area contributed by atoms with E-state index in [0.717, 1.165) is 15.7 Å². The van der Waals surface area contributed by atoms with Crippen molar-refractivity contribution in [3.8, 4) is 5.88 Å². The van der Waals surface area contributed by atoms with Crippen molar-refractivity contribution in [3.05, 3.63) is 62.1 Å². The number of aromatic nitrogens is 2. The Hall–Kier alpha value is -3.49. The number of hydrogen-bond donors (Lipinski definition) is 2. The number of anilines is 1. The standard InChI is InChI=1S/C16H13FN4O4/c1-8-11(7-12-13(22)18-16(25)20(2)14(12)23)15(24)21(19-8)10-5-3-9(17)4-6-10/h3-7,23H,1-2H3,(H,18,22,25). The Labute approximate surface area is 140 Å². The predicted octanol–water partition coefficient (Wildman–Crippen LogP) is 0.724. The maximum absolute atomic E-state index is 13.0. The molecule has 0 saturated heterocycles. The highest BCUT2D eigenvalue weighted by molar-refractivity contribution is 6.32. The topological polar surface area (TPSA) is 108 Å². The van der Waals surface area contributed by atoms with Crippen LogP contribution in [0.3, 0.4) is 0 Å². The van der Waals surface area contributed by atoms with Crippen molar-refractivity contribution in [2.75, 3.05) is 5.01 Å². The van der Waals surface area contributed by atoms with Crippen LogP contribution in [0.25, 0.3) is 6.08 Å². The van der Waals surface area contributed by atoms with Crippen LogP contribution in [0, 0.1) is 5.82 Å². The van der Waals surface area contributed by atoms with Crippen molar-refractivity contribution < 1.29 is 14.3 Å². The number of amides is 1. The number of aromatic amines is 1. The number of aromatic hydroxyl groups is 1. The molecule has 0 unspecified atom stereocenters. The van der Waals surface area contributed by atoms with Gasteiger partial charge in [0.15, 0.2) is 0 Å². The highest BCUT2D eigenvalue weighted by Crippen LogP contribution is 2.25. The SMILES string of the molecule is CC1=NN(c2ccc(F)cc2)C(=O)C1=Cc1c(O)n(C)c(=O)[nH]c1=O. The lowest BCUT2D eigenvalue weighted by Gasteiger charge is -2.11. The first-order chi connectivity index (χ1) is 11.8. The third-order valence-electron chi connectivity index (χ3n) is 3.75. The van der Waals surface area contributed by atoms with Crippen molar-refractivity contribution in [1.29, 1.82) is 0 Å². The molecule has 2 heterocycles. The number of nitrogens with one attached hydrogen (secondary N) is 1. The van der Waals surface area contributed by atoms with Crippen LogP contribution in [0.4, 0.5) is 10.1 Å². The van der Waals surface area contributed by atoms with Crippen LogP contribution in [0.5, 0.6) is 5.88 Å². The number of hydrazone groups is 1. The number of nitrogens with zero attached hydrogens (tertiary/aromatic N) is 3. The first-order valence-corrected chi connectivity index (χ1v) is 7.19. The summed E-state index contributed by atoms with van der Waals surface area (Å²) in [5.74, 6) is -1.56. The fourth-order valence-corrected chi connectivity index (χ4v) is 2.34. The van der Waals surface area contributed by atoms with Gasteiger partial charge in [0.25, 0.3) is 11.5 Å². The first-order valence-electron chi connectivity index (χ1n) is 7.19. The van der Waals surface area contributed by atoms with Crippen LogP contribution in [-0.2, 0) is 11.8 Å². The highest BCUT2D eigenvalue weighted by atomic mass is 19.1. The van der Waals surface area contributed by atoms with Gasteiger partial charge in [-0.25, -0.2) is 9.18 Å². The highest BCUT2D eigenvalue weighted by Gasteiger charge is 2.29. The summed E-state index contributed by atoms with van der Waals surface area (Å²) in [6, 6.07) is 5.17. The molecule has 2 N–H and O–H groups in total. The summed E-state index contributed by atoms with van der Waals surface area (Å²) in [6.45, 7) is 1.56. The monoisotopic (exact) mass is 344 g/mol. The van der Waals surface area contributed by atoms with Crippen LogP contribution >= 0.6 is 0 Å². The van der Waals surface area contributed by atoms with Gasteiger partial charge in [0.1, 0.15) is 11.4 Å². The lowest BCUT2D eigenvalue weighted by atomic mass is 10.1. The third-order valence-corrected chi connectivity index (χ3v) is 3.75. The van der Waals surface area contributed by atoms with E-state index in [9.17, 15) is 23.9 Å². The smallest absolute Gasteiger partial charge is 0.330 e. The molecule has 3 rings (SSSR count). The molecule has 0 saturated carbocycles. The van der Waals surface area contributed by atoms with Gasteiger partial charge in [0.05, 0.1) is 17.0 Å².